The number of likely N-dealkylation sites (tertiary alicyclic amines) is 1. The van der Waals surface area contributed by atoms with E-state index < -0.39 is 0 Å². The minimum atomic E-state index is 0.294. The zero-order valence-electron chi connectivity index (χ0n) is 16.2. The molecule has 3 aromatic rings. The summed E-state index contributed by atoms with van der Waals surface area (Å²) in [6, 6.07) is 8.64. The Morgan fingerprint density at radius 3 is 2.75 bits per heavy atom. The number of hydrogen-bond acceptors (Lipinski definition) is 4. The number of para-hydroxylation sites is 1. The van der Waals surface area contributed by atoms with Crippen molar-refractivity contribution < 1.29 is 0 Å². The van der Waals surface area contributed by atoms with Gasteiger partial charge in [0.25, 0.3) is 0 Å². The average molecular weight is 415 g/mol. The largest absolute Gasteiger partial charge is 0.346 e. The molecule has 1 aromatic carbocycles. The van der Waals surface area contributed by atoms with Gasteiger partial charge in [-0.05, 0) is 62.3 Å². The van der Waals surface area contributed by atoms with Crippen LogP contribution in [0, 0.1) is 5.92 Å². The highest BCUT2D eigenvalue weighted by atomic mass is 35.5. The molecule has 28 heavy (non-hydrogen) atoms. The molecular weight excluding hydrogens is 388 g/mol. The fourth-order valence-corrected chi connectivity index (χ4v) is 5.82. The molecule has 1 saturated carbocycles. The van der Waals surface area contributed by atoms with Gasteiger partial charge in [-0.3, -0.25) is 4.90 Å². The lowest BCUT2D eigenvalue weighted by molar-refractivity contribution is 0.329. The third-order valence-electron chi connectivity index (χ3n) is 6.30. The van der Waals surface area contributed by atoms with Crippen LogP contribution >= 0.6 is 23.1 Å². The van der Waals surface area contributed by atoms with E-state index in [1.165, 1.54) is 56.1 Å². The Morgan fingerprint density at radius 2 is 1.89 bits per heavy atom. The third kappa shape index (κ3) is 3.72. The Labute approximate surface area is 175 Å². The number of alkyl halides is 1. The van der Waals surface area contributed by atoms with Crippen LogP contribution in [-0.2, 0) is 13.1 Å². The molecule has 2 aromatic heterocycles. The van der Waals surface area contributed by atoms with E-state index >= 15 is 0 Å². The standard InChI is InChI=1S/C22H27ClN4S/c23-19-9-3-1-7-16(19)13-27-14-18(17-8-2-4-10-20(17)27)22-24-21(28-25-22)15-26-11-5-6-12-26/h2,4,8,10,14,16,19H,1,3,5-7,9,11-13,15H2. The van der Waals surface area contributed by atoms with Gasteiger partial charge in [0.05, 0.1) is 6.54 Å². The highest BCUT2D eigenvalue weighted by Crippen LogP contribution is 2.34. The Hall–Kier alpha value is -1.43. The van der Waals surface area contributed by atoms with Gasteiger partial charge in [-0.15, -0.1) is 11.6 Å². The van der Waals surface area contributed by atoms with Gasteiger partial charge in [0.1, 0.15) is 5.01 Å². The molecule has 1 aliphatic carbocycles. The second-order valence-corrected chi connectivity index (χ2v) is 9.66. The van der Waals surface area contributed by atoms with Crippen LogP contribution in [0.5, 0.6) is 0 Å². The van der Waals surface area contributed by atoms with Crippen LogP contribution in [-0.4, -0.2) is 37.3 Å². The Kier molecular flexibility index (Phi) is 5.40. The molecule has 0 spiro atoms. The maximum Gasteiger partial charge on any atom is 0.175 e. The first-order valence-corrected chi connectivity index (χ1v) is 11.8. The van der Waals surface area contributed by atoms with Crippen LogP contribution < -0.4 is 0 Å². The Morgan fingerprint density at radius 1 is 1.07 bits per heavy atom. The fourth-order valence-electron chi connectivity index (χ4n) is 4.76. The molecule has 4 nitrogen and oxygen atoms in total. The van der Waals surface area contributed by atoms with E-state index in [0.717, 1.165) is 35.9 Å². The molecule has 148 valence electrons. The molecule has 2 fully saturated rings. The molecule has 0 N–H and O–H groups in total. The van der Waals surface area contributed by atoms with Crippen molar-refractivity contribution in [2.24, 2.45) is 5.92 Å². The van der Waals surface area contributed by atoms with Crippen LogP contribution in [0.25, 0.3) is 22.3 Å². The number of aromatic nitrogens is 3. The van der Waals surface area contributed by atoms with Crippen molar-refractivity contribution in [1.29, 1.82) is 0 Å². The molecule has 0 bridgehead atoms. The van der Waals surface area contributed by atoms with Gasteiger partial charge in [0.2, 0.25) is 0 Å². The van der Waals surface area contributed by atoms with Crippen molar-refractivity contribution in [2.45, 2.75) is 57.0 Å². The molecule has 2 unspecified atom stereocenters. The third-order valence-corrected chi connectivity index (χ3v) is 7.57. The number of rotatable bonds is 5. The second-order valence-electron chi connectivity index (χ2n) is 8.27. The van der Waals surface area contributed by atoms with E-state index in [4.69, 9.17) is 21.0 Å². The first-order chi connectivity index (χ1) is 13.8. The zero-order valence-corrected chi connectivity index (χ0v) is 17.8. The summed E-state index contributed by atoms with van der Waals surface area (Å²) < 4.78 is 7.10. The van der Waals surface area contributed by atoms with Gasteiger partial charge in [-0.1, -0.05) is 31.0 Å². The summed E-state index contributed by atoms with van der Waals surface area (Å²) in [6.45, 7) is 4.30. The first kappa shape index (κ1) is 18.6. The highest BCUT2D eigenvalue weighted by molar-refractivity contribution is 7.05. The predicted molar refractivity (Wildman–Crippen MR) is 117 cm³/mol. The van der Waals surface area contributed by atoms with Crippen LogP contribution in [0.3, 0.4) is 0 Å². The van der Waals surface area contributed by atoms with Gasteiger partial charge >= 0.3 is 0 Å². The van der Waals surface area contributed by atoms with E-state index in [1.807, 2.05) is 0 Å². The number of nitrogens with zero attached hydrogens (tertiary/aromatic N) is 4. The summed E-state index contributed by atoms with van der Waals surface area (Å²) in [4.78, 5) is 7.38. The van der Waals surface area contributed by atoms with Crippen molar-refractivity contribution in [2.75, 3.05) is 13.1 Å². The van der Waals surface area contributed by atoms with Gasteiger partial charge in [0, 0.05) is 34.6 Å². The number of halogens is 1. The molecule has 2 atom stereocenters. The minimum absolute atomic E-state index is 0.294. The van der Waals surface area contributed by atoms with Crippen LogP contribution in [0.15, 0.2) is 30.5 Å². The number of hydrogen-bond donors (Lipinski definition) is 0. The maximum atomic E-state index is 6.65. The van der Waals surface area contributed by atoms with Crippen molar-refractivity contribution in [1.82, 2.24) is 18.8 Å². The van der Waals surface area contributed by atoms with Gasteiger partial charge in [-0.2, -0.15) is 4.37 Å². The summed E-state index contributed by atoms with van der Waals surface area (Å²) in [6.07, 6.45) is 9.81. The van der Waals surface area contributed by atoms with Crippen LogP contribution in [0.2, 0.25) is 0 Å². The Balaban J connectivity index is 1.44. The SMILES string of the molecule is ClC1CCCCC1Cn1cc(-c2nsc(CN3CCCC3)n2)c2ccccc21. The van der Waals surface area contributed by atoms with Gasteiger partial charge < -0.3 is 4.57 Å². The van der Waals surface area contributed by atoms with E-state index in [2.05, 4.69) is 39.9 Å². The first-order valence-electron chi connectivity index (χ1n) is 10.6. The topological polar surface area (TPSA) is 34.0 Å². The van der Waals surface area contributed by atoms with E-state index in [-0.39, 0.29) is 0 Å². The smallest absolute Gasteiger partial charge is 0.175 e. The maximum absolute atomic E-state index is 6.65. The van der Waals surface area contributed by atoms with Crippen LogP contribution in [0.1, 0.15) is 43.5 Å². The monoisotopic (exact) mass is 414 g/mol. The number of fused-ring (bicyclic) bond motifs is 1. The quantitative estimate of drug-likeness (QED) is 0.513. The van der Waals surface area contributed by atoms with Gasteiger partial charge in [0.15, 0.2) is 5.82 Å². The highest BCUT2D eigenvalue weighted by Gasteiger charge is 2.25. The molecule has 6 heteroatoms. The van der Waals surface area contributed by atoms with Crippen molar-refractivity contribution in [3.63, 3.8) is 0 Å². The normalized spacial score (nSPS) is 23.6. The molecule has 0 amide bonds. The number of benzene rings is 1. The van der Waals surface area contributed by atoms with Crippen molar-refractivity contribution >= 4 is 34.0 Å². The summed E-state index contributed by atoms with van der Waals surface area (Å²) in [7, 11) is 0. The second kappa shape index (κ2) is 8.13. The summed E-state index contributed by atoms with van der Waals surface area (Å²) in [5, 5.41) is 2.67. The van der Waals surface area contributed by atoms with Gasteiger partial charge in [-0.25, -0.2) is 4.98 Å². The summed E-state index contributed by atoms with van der Waals surface area (Å²) in [5.41, 5.74) is 2.42. The van der Waals surface area contributed by atoms with E-state index in [1.54, 1.807) is 11.5 Å². The molecule has 1 saturated heterocycles. The molecule has 3 heterocycles. The lowest BCUT2D eigenvalue weighted by Crippen LogP contribution is -2.24. The molecular formula is C22H27ClN4S. The lowest BCUT2D eigenvalue weighted by atomic mass is 9.88. The lowest BCUT2D eigenvalue weighted by Gasteiger charge is -2.27. The fraction of sp³-hybridized carbons (Fsp3) is 0.545. The molecule has 1 aliphatic heterocycles. The molecule has 5 rings (SSSR count). The minimum Gasteiger partial charge on any atom is -0.346 e. The molecule has 2 aliphatic rings. The van der Waals surface area contributed by atoms with E-state index in [9.17, 15) is 0 Å². The van der Waals surface area contributed by atoms with Crippen molar-refractivity contribution in [3.05, 3.63) is 35.5 Å². The average Bonchev–Trinajstić information content (AvgIpc) is 3.45. The Bertz CT molecular complexity index is 943. The zero-order chi connectivity index (χ0) is 18.9. The van der Waals surface area contributed by atoms with E-state index in [0.29, 0.717) is 11.3 Å². The summed E-state index contributed by atoms with van der Waals surface area (Å²) >= 11 is 8.20. The van der Waals surface area contributed by atoms with Crippen LogP contribution in [0.4, 0.5) is 0 Å². The summed E-state index contributed by atoms with van der Waals surface area (Å²) in [5.74, 6) is 1.42. The molecule has 0 radical (unpaired) electrons. The predicted octanol–water partition coefficient (Wildman–Crippen LogP) is 5.55. The van der Waals surface area contributed by atoms with Crippen molar-refractivity contribution in [3.8, 4) is 11.4 Å².